The molecule has 0 saturated carbocycles. The van der Waals surface area contributed by atoms with E-state index in [0.717, 1.165) is 41.5 Å². The zero-order chi connectivity index (χ0) is 47.7. The molecule has 0 aliphatic heterocycles. The number of carbonyl (C=O) groups excluding carboxylic acids is 2. The predicted molar refractivity (Wildman–Crippen MR) is 238 cm³/mol. The SMILES string of the molecule is O=C(O)N[C@@H](CCCCN(C[C@H](O)[C@@H](O)[C@H](O)[C@H](O)CO)C[C@H](O)[C@@H](O)[C@H](O)[C@H](O)CO)C(=O)NCCCc1ccc(-c2ccc(CCCCNC(=O)OCc3ccccc3)cc2)cc1. The van der Waals surface area contributed by atoms with Gasteiger partial charge in [0, 0.05) is 26.2 Å². The molecule has 0 aliphatic carbocycles. The number of aryl methyl sites for hydroxylation is 2. The van der Waals surface area contributed by atoms with Crippen molar-refractivity contribution in [3.8, 4) is 11.1 Å². The fourth-order valence-corrected chi connectivity index (χ4v) is 7.00. The van der Waals surface area contributed by atoms with Gasteiger partial charge in [-0.25, -0.2) is 9.59 Å². The first-order chi connectivity index (χ1) is 31.1. The van der Waals surface area contributed by atoms with E-state index in [4.69, 9.17) is 14.9 Å². The van der Waals surface area contributed by atoms with Gasteiger partial charge in [0.15, 0.2) is 0 Å². The summed E-state index contributed by atoms with van der Waals surface area (Å²) in [6.45, 7) is -1.66. The van der Waals surface area contributed by atoms with E-state index in [2.05, 4.69) is 40.2 Å². The molecule has 0 aliphatic rings. The smallest absolute Gasteiger partial charge is 0.407 e. The maximum Gasteiger partial charge on any atom is 0.407 e. The number of carboxylic acid groups (broad SMARTS) is 1. The first-order valence-corrected chi connectivity index (χ1v) is 21.9. The fraction of sp³-hybridized carbons (Fsp3) is 0.543. The molecule has 14 N–H and O–H groups in total. The minimum Gasteiger partial charge on any atom is -0.465 e. The Morgan fingerprint density at radius 3 is 1.55 bits per heavy atom. The van der Waals surface area contributed by atoms with E-state index < -0.39 is 99.3 Å². The van der Waals surface area contributed by atoms with Crippen molar-refractivity contribution in [1.29, 1.82) is 0 Å². The van der Waals surface area contributed by atoms with E-state index in [9.17, 15) is 60.3 Å². The molecule has 19 heteroatoms. The average Bonchev–Trinajstić information content (AvgIpc) is 3.31. The maximum atomic E-state index is 13.0. The molecule has 3 aromatic rings. The number of nitrogens with one attached hydrogen (secondary N) is 3. The van der Waals surface area contributed by atoms with E-state index in [1.54, 1.807) is 0 Å². The molecule has 0 spiro atoms. The molecule has 65 heavy (non-hydrogen) atoms. The number of benzene rings is 3. The highest BCUT2D eigenvalue weighted by Crippen LogP contribution is 2.22. The van der Waals surface area contributed by atoms with Crippen LogP contribution in [0.25, 0.3) is 11.1 Å². The molecule has 0 aromatic heterocycles. The van der Waals surface area contributed by atoms with E-state index in [1.807, 2.05) is 54.6 Å². The lowest BCUT2D eigenvalue weighted by molar-refractivity contribution is -0.130. The van der Waals surface area contributed by atoms with E-state index in [-0.39, 0.29) is 39.0 Å². The number of rotatable bonds is 31. The Balaban J connectivity index is 1.42. The number of hydrogen-bond acceptors (Lipinski definition) is 15. The second-order valence-electron chi connectivity index (χ2n) is 16.1. The zero-order valence-corrected chi connectivity index (χ0v) is 36.5. The van der Waals surface area contributed by atoms with Crippen molar-refractivity contribution in [2.45, 2.75) is 113 Å². The highest BCUT2D eigenvalue weighted by molar-refractivity contribution is 5.85. The molecule has 3 aromatic carbocycles. The molecule has 3 rings (SSSR count). The van der Waals surface area contributed by atoms with Crippen molar-refractivity contribution >= 4 is 18.1 Å². The van der Waals surface area contributed by atoms with Gasteiger partial charge in [0.2, 0.25) is 5.91 Å². The van der Waals surface area contributed by atoms with Gasteiger partial charge in [-0.3, -0.25) is 9.69 Å². The van der Waals surface area contributed by atoms with Crippen molar-refractivity contribution in [3.63, 3.8) is 0 Å². The van der Waals surface area contributed by atoms with Crippen LogP contribution in [0.1, 0.15) is 55.2 Å². The van der Waals surface area contributed by atoms with Gasteiger partial charge in [0.25, 0.3) is 0 Å². The third kappa shape index (κ3) is 20.1. The first kappa shape index (κ1) is 54.6. The molecule has 0 saturated heterocycles. The molecule has 3 amide bonds. The molecule has 362 valence electrons. The number of carbonyl (C=O) groups is 3. The first-order valence-electron chi connectivity index (χ1n) is 21.9. The monoisotopic (exact) mass is 916 g/mol. The van der Waals surface area contributed by atoms with E-state index >= 15 is 0 Å². The Morgan fingerprint density at radius 2 is 1.05 bits per heavy atom. The molecule has 0 unspecified atom stereocenters. The summed E-state index contributed by atoms with van der Waals surface area (Å²) in [4.78, 5) is 37.9. The largest absolute Gasteiger partial charge is 0.465 e. The van der Waals surface area contributed by atoms with Gasteiger partial charge >= 0.3 is 12.2 Å². The topological polar surface area (TPSA) is 322 Å². The number of ether oxygens (including phenoxy) is 1. The second-order valence-corrected chi connectivity index (χ2v) is 16.1. The maximum absolute atomic E-state index is 13.0. The lowest BCUT2D eigenvalue weighted by Crippen LogP contribution is -2.53. The Morgan fingerprint density at radius 1 is 0.554 bits per heavy atom. The number of amides is 3. The van der Waals surface area contributed by atoms with Gasteiger partial charge in [-0.15, -0.1) is 0 Å². The van der Waals surface area contributed by atoms with Gasteiger partial charge < -0.3 is 76.9 Å². The molecule has 0 radical (unpaired) electrons. The Bertz CT molecular complexity index is 1760. The Kier molecular flexibility index (Phi) is 24.9. The van der Waals surface area contributed by atoms with Gasteiger partial charge in [-0.05, 0) is 85.7 Å². The normalized spacial score (nSPS) is 15.7. The summed E-state index contributed by atoms with van der Waals surface area (Å²) in [7, 11) is 0. The summed E-state index contributed by atoms with van der Waals surface area (Å²) in [5.41, 5.74) is 5.29. The number of aliphatic hydroxyl groups is 10. The van der Waals surface area contributed by atoms with Crippen molar-refractivity contribution in [3.05, 3.63) is 95.6 Å². The number of nitrogens with zero attached hydrogens (tertiary/aromatic N) is 1. The molecular formula is C46H68N4O15. The predicted octanol–water partition coefficient (Wildman–Crippen LogP) is -0.368. The summed E-state index contributed by atoms with van der Waals surface area (Å²) in [6.07, 6.45) is -12.3. The van der Waals surface area contributed by atoms with Gasteiger partial charge in [0.1, 0.15) is 49.3 Å². The minimum absolute atomic E-state index is 0.0206. The van der Waals surface area contributed by atoms with Gasteiger partial charge in [-0.2, -0.15) is 0 Å². The third-order valence-electron chi connectivity index (χ3n) is 10.9. The lowest BCUT2D eigenvalue weighted by Gasteiger charge is -2.33. The molecule has 9 atom stereocenters. The average molecular weight is 917 g/mol. The summed E-state index contributed by atoms with van der Waals surface area (Å²) >= 11 is 0. The highest BCUT2D eigenvalue weighted by Gasteiger charge is 2.34. The van der Waals surface area contributed by atoms with E-state index in [0.29, 0.717) is 19.4 Å². The standard InChI is InChI=1S/C46H68N4O15/c51-27-38(55)42(59)40(57)36(53)25-50(26-37(54)41(58)43(60)39(56)28-52)24-7-5-13-35(49-45(62)63)44(61)47-23-8-12-31-16-20-34(21-17-31)33-18-14-30(15-19-33)9-4-6-22-48-46(64)65-29-32-10-2-1-3-11-32/h1-3,10-11,14-21,35-43,49,51-60H,4-9,12-13,22-29H2,(H,47,61)(H,48,64)(H,62,63)/t35-,36-,37-,38+,39+,40+,41+,42+,43+/m0/s1. The molecular weight excluding hydrogens is 849 g/mol. The molecule has 0 fully saturated rings. The van der Waals surface area contributed by atoms with Crippen LogP contribution in [0.3, 0.4) is 0 Å². The highest BCUT2D eigenvalue weighted by atomic mass is 16.5. The second kappa shape index (κ2) is 29.7. The van der Waals surface area contributed by atoms with Crippen LogP contribution in [0.5, 0.6) is 0 Å². The Labute approximate surface area is 379 Å². The number of alkyl carbamates (subject to hydrolysis) is 1. The van der Waals surface area contributed by atoms with Crippen LogP contribution in [0.2, 0.25) is 0 Å². The molecule has 19 nitrogen and oxygen atoms in total. The number of hydrogen-bond donors (Lipinski definition) is 14. The quantitative estimate of drug-likeness (QED) is 0.0366. The number of unbranched alkanes of at least 4 members (excludes halogenated alkanes) is 2. The lowest BCUT2D eigenvalue weighted by atomic mass is 9.99. The Hall–Kier alpha value is -4.77. The van der Waals surface area contributed by atoms with E-state index in [1.165, 1.54) is 10.5 Å². The van der Waals surface area contributed by atoms with Gasteiger partial charge in [0.05, 0.1) is 25.4 Å². The minimum atomic E-state index is -1.94. The van der Waals surface area contributed by atoms with Crippen molar-refractivity contribution in [2.24, 2.45) is 0 Å². The third-order valence-corrected chi connectivity index (χ3v) is 10.9. The summed E-state index contributed by atoms with van der Waals surface area (Å²) in [6, 6.07) is 24.8. The van der Waals surface area contributed by atoms with Gasteiger partial charge in [-0.1, -0.05) is 78.9 Å². The zero-order valence-electron chi connectivity index (χ0n) is 36.5. The molecule has 0 heterocycles. The van der Waals surface area contributed by atoms with Crippen LogP contribution in [0, 0.1) is 0 Å². The summed E-state index contributed by atoms with van der Waals surface area (Å²) < 4.78 is 5.24. The van der Waals surface area contributed by atoms with Crippen molar-refractivity contribution in [2.75, 3.05) is 45.9 Å². The van der Waals surface area contributed by atoms with Crippen molar-refractivity contribution in [1.82, 2.24) is 20.9 Å². The fourth-order valence-electron chi connectivity index (χ4n) is 7.00. The number of aliphatic hydroxyl groups excluding tert-OH is 10. The van der Waals surface area contributed by atoms with Crippen LogP contribution in [-0.2, 0) is 29.0 Å². The molecule has 0 bridgehead atoms. The van der Waals surface area contributed by atoms with Crippen LogP contribution in [0.15, 0.2) is 78.9 Å². The summed E-state index contributed by atoms with van der Waals surface area (Å²) in [5.74, 6) is -0.538. The van der Waals surface area contributed by atoms with Crippen molar-refractivity contribution < 1.29 is 75.3 Å². The van der Waals surface area contributed by atoms with Crippen LogP contribution in [-0.4, -0.2) is 180 Å². The van der Waals surface area contributed by atoms with Crippen LogP contribution < -0.4 is 16.0 Å². The van der Waals surface area contributed by atoms with Crippen LogP contribution in [0.4, 0.5) is 9.59 Å². The summed E-state index contributed by atoms with van der Waals surface area (Å²) in [5, 5.41) is 117. The van der Waals surface area contributed by atoms with Crippen LogP contribution >= 0.6 is 0 Å².